The lowest BCUT2D eigenvalue weighted by atomic mass is 9.93. The number of amides is 2. The predicted octanol–water partition coefficient (Wildman–Crippen LogP) is 2.93. The van der Waals surface area contributed by atoms with E-state index in [1.165, 1.54) is 18.2 Å². The Labute approximate surface area is 170 Å². The number of nitrogens with zero attached hydrogens (tertiary/aromatic N) is 2. The van der Waals surface area contributed by atoms with Crippen molar-refractivity contribution < 1.29 is 14.0 Å². The number of piperidine rings is 1. The van der Waals surface area contributed by atoms with Crippen molar-refractivity contribution in [2.24, 2.45) is 11.3 Å². The minimum Gasteiger partial charge on any atom is -0.352 e. The van der Waals surface area contributed by atoms with Crippen molar-refractivity contribution in [2.45, 2.75) is 38.6 Å². The molecule has 0 unspecified atom stereocenters. The zero-order valence-electron chi connectivity index (χ0n) is 16.2. The first-order chi connectivity index (χ1) is 13.3. The molecule has 1 saturated carbocycles. The lowest BCUT2D eigenvalue weighted by molar-refractivity contribution is -0.144. The maximum atomic E-state index is 13.4. The van der Waals surface area contributed by atoms with Gasteiger partial charge in [-0.3, -0.25) is 14.5 Å². The summed E-state index contributed by atoms with van der Waals surface area (Å²) < 4.78 is 13.4. The normalized spacial score (nSPS) is 22.6. The average Bonchev–Trinajstić information content (AvgIpc) is 3.37. The van der Waals surface area contributed by atoms with Crippen molar-refractivity contribution in [2.75, 3.05) is 32.7 Å². The number of rotatable bonds is 5. The summed E-state index contributed by atoms with van der Waals surface area (Å²) in [6.07, 6.45) is 4.11. The molecule has 4 rings (SSSR count). The van der Waals surface area contributed by atoms with Gasteiger partial charge in [-0.25, -0.2) is 4.39 Å². The van der Waals surface area contributed by atoms with Crippen LogP contribution in [0, 0.1) is 17.2 Å². The fraction of sp³-hybridized carbons (Fsp3) is 0.619. The van der Waals surface area contributed by atoms with Crippen LogP contribution in [-0.4, -0.2) is 60.4 Å². The lowest BCUT2D eigenvalue weighted by Crippen LogP contribution is -2.63. The number of nitrogens with one attached hydrogen (secondary N) is 1. The third-order valence-corrected chi connectivity index (χ3v) is 6.73. The predicted molar refractivity (Wildman–Crippen MR) is 106 cm³/mol. The average molecular weight is 408 g/mol. The smallest absolute Gasteiger partial charge is 0.251 e. The summed E-state index contributed by atoms with van der Waals surface area (Å²) in [6, 6.07) is 4.36. The maximum absolute atomic E-state index is 13.4. The van der Waals surface area contributed by atoms with E-state index < -0.39 is 5.82 Å². The van der Waals surface area contributed by atoms with Crippen molar-refractivity contribution in [3.63, 3.8) is 0 Å². The summed E-state index contributed by atoms with van der Waals surface area (Å²) in [5, 5.41) is 3.13. The van der Waals surface area contributed by atoms with Gasteiger partial charge < -0.3 is 10.2 Å². The number of hydrogen-bond acceptors (Lipinski definition) is 3. The molecule has 3 aliphatic rings. The zero-order valence-corrected chi connectivity index (χ0v) is 17.0. The van der Waals surface area contributed by atoms with Crippen LogP contribution in [0.4, 0.5) is 4.39 Å². The van der Waals surface area contributed by atoms with Crippen molar-refractivity contribution in [3.8, 4) is 0 Å². The van der Waals surface area contributed by atoms with Crippen LogP contribution in [0.25, 0.3) is 0 Å². The van der Waals surface area contributed by atoms with Crippen LogP contribution in [0.2, 0.25) is 5.02 Å². The molecule has 0 aromatic heterocycles. The number of carbonyl (C=O) groups excluding carboxylic acids is 2. The van der Waals surface area contributed by atoms with Gasteiger partial charge in [0.2, 0.25) is 5.91 Å². The fourth-order valence-corrected chi connectivity index (χ4v) is 4.40. The van der Waals surface area contributed by atoms with E-state index in [4.69, 9.17) is 11.6 Å². The molecule has 152 valence electrons. The molecule has 1 N–H and O–H groups in total. The van der Waals surface area contributed by atoms with Gasteiger partial charge >= 0.3 is 0 Å². The van der Waals surface area contributed by atoms with Crippen LogP contribution in [0.15, 0.2) is 18.2 Å². The summed E-state index contributed by atoms with van der Waals surface area (Å²) in [5.41, 5.74) is 0.188. The second kappa shape index (κ2) is 7.64. The van der Waals surface area contributed by atoms with Crippen molar-refractivity contribution >= 4 is 23.4 Å². The summed E-state index contributed by atoms with van der Waals surface area (Å²) in [5.74, 6) is -0.0357. The van der Waals surface area contributed by atoms with Gasteiger partial charge in [-0.05, 0) is 62.9 Å². The molecule has 28 heavy (non-hydrogen) atoms. The van der Waals surface area contributed by atoms with Crippen LogP contribution in [0.1, 0.15) is 43.0 Å². The molecule has 2 saturated heterocycles. The minimum atomic E-state index is -0.505. The van der Waals surface area contributed by atoms with Crippen LogP contribution in [0.3, 0.4) is 0 Å². The zero-order chi connectivity index (χ0) is 19.9. The SMILES string of the molecule is CC1(C(=O)N2CC(N3CCC(CNC(=O)c4cc(F)cc(Cl)c4)CC3)C2)CC1. The van der Waals surface area contributed by atoms with Crippen molar-refractivity contribution in [1.82, 2.24) is 15.1 Å². The summed E-state index contributed by atoms with van der Waals surface area (Å²) in [7, 11) is 0. The van der Waals surface area contributed by atoms with Crippen molar-refractivity contribution in [3.05, 3.63) is 34.6 Å². The number of benzene rings is 1. The Bertz CT molecular complexity index is 749. The number of hydrogen-bond donors (Lipinski definition) is 1. The molecule has 5 nitrogen and oxygen atoms in total. The van der Waals surface area contributed by atoms with Gasteiger partial charge in [0.25, 0.3) is 5.91 Å². The molecular formula is C21H27ClFN3O2. The number of halogens is 2. The molecule has 1 aliphatic carbocycles. The number of carbonyl (C=O) groups is 2. The first-order valence-corrected chi connectivity index (χ1v) is 10.5. The van der Waals surface area contributed by atoms with Crippen LogP contribution in [0.5, 0.6) is 0 Å². The quantitative estimate of drug-likeness (QED) is 0.816. The Morgan fingerprint density at radius 1 is 1.21 bits per heavy atom. The Morgan fingerprint density at radius 3 is 2.50 bits per heavy atom. The molecule has 1 aromatic rings. The molecule has 1 aromatic carbocycles. The highest BCUT2D eigenvalue weighted by molar-refractivity contribution is 6.31. The monoisotopic (exact) mass is 407 g/mol. The van der Waals surface area contributed by atoms with E-state index in [1.54, 1.807) is 0 Å². The largest absolute Gasteiger partial charge is 0.352 e. The van der Waals surface area contributed by atoms with E-state index in [2.05, 4.69) is 17.1 Å². The van der Waals surface area contributed by atoms with Gasteiger partial charge in [0.05, 0.1) is 0 Å². The molecule has 2 heterocycles. The maximum Gasteiger partial charge on any atom is 0.251 e. The van der Waals surface area contributed by atoms with Crippen molar-refractivity contribution in [1.29, 1.82) is 0 Å². The first kappa shape index (κ1) is 19.6. The van der Waals surface area contributed by atoms with Gasteiger partial charge in [0.1, 0.15) is 5.82 Å². The standard InChI is InChI=1S/C21H27ClFN3O2/c1-21(4-5-21)20(28)26-12-18(13-26)25-6-2-14(3-7-25)11-24-19(27)15-8-16(22)10-17(23)9-15/h8-10,14,18H,2-7,11-13H2,1H3,(H,24,27). The van der Waals surface area contributed by atoms with E-state index in [0.29, 0.717) is 24.4 Å². The highest BCUT2D eigenvalue weighted by atomic mass is 35.5. The van der Waals surface area contributed by atoms with Gasteiger partial charge in [-0.2, -0.15) is 0 Å². The van der Waals surface area contributed by atoms with Gasteiger partial charge in [0, 0.05) is 41.7 Å². The molecule has 7 heteroatoms. The summed E-state index contributed by atoms with van der Waals surface area (Å²) in [6.45, 7) is 6.37. The fourth-order valence-electron chi connectivity index (χ4n) is 4.18. The van der Waals surface area contributed by atoms with E-state index in [0.717, 1.165) is 51.9 Å². The molecular weight excluding hydrogens is 381 g/mol. The Balaban J connectivity index is 1.18. The molecule has 0 atom stereocenters. The molecule has 3 fully saturated rings. The third-order valence-electron chi connectivity index (χ3n) is 6.51. The van der Waals surface area contributed by atoms with Crippen LogP contribution < -0.4 is 5.32 Å². The topological polar surface area (TPSA) is 52.7 Å². The van der Waals surface area contributed by atoms with E-state index in [1.807, 2.05) is 4.90 Å². The third kappa shape index (κ3) is 4.18. The highest BCUT2D eigenvalue weighted by Gasteiger charge is 2.50. The van der Waals surface area contributed by atoms with Gasteiger partial charge in [-0.15, -0.1) is 0 Å². The van der Waals surface area contributed by atoms with E-state index in [-0.39, 0.29) is 21.9 Å². The molecule has 2 aliphatic heterocycles. The van der Waals surface area contributed by atoms with Crippen LogP contribution >= 0.6 is 11.6 Å². The van der Waals surface area contributed by atoms with E-state index >= 15 is 0 Å². The molecule has 0 radical (unpaired) electrons. The van der Waals surface area contributed by atoms with E-state index in [9.17, 15) is 14.0 Å². The van der Waals surface area contributed by atoms with Gasteiger partial charge in [0.15, 0.2) is 0 Å². The highest BCUT2D eigenvalue weighted by Crippen LogP contribution is 2.47. The number of likely N-dealkylation sites (tertiary alicyclic amines) is 2. The molecule has 0 bridgehead atoms. The summed E-state index contributed by atoms with van der Waals surface area (Å²) in [4.78, 5) is 29.0. The van der Waals surface area contributed by atoms with Crippen LogP contribution in [-0.2, 0) is 4.79 Å². The van der Waals surface area contributed by atoms with Gasteiger partial charge in [-0.1, -0.05) is 18.5 Å². The second-order valence-electron chi connectivity index (χ2n) is 8.77. The Kier molecular flexibility index (Phi) is 5.36. The Hall–Kier alpha value is -1.66. The minimum absolute atomic E-state index is 0.0674. The Morgan fingerprint density at radius 2 is 1.89 bits per heavy atom. The molecule has 2 amide bonds. The summed E-state index contributed by atoms with van der Waals surface area (Å²) >= 11 is 5.82. The second-order valence-corrected chi connectivity index (χ2v) is 9.21. The lowest BCUT2D eigenvalue weighted by Gasteiger charge is -2.48. The first-order valence-electron chi connectivity index (χ1n) is 10.1. The molecule has 0 spiro atoms.